The van der Waals surface area contributed by atoms with Gasteiger partial charge < -0.3 is 10.5 Å². The number of nitrogens with zero attached hydrogens (tertiary/aromatic N) is 1. The van der Waals surface area contributed by atoms with Crippen LogP contribution in [0.15, 0.2) is 48.5 Å². The van der Waals surface area contributed by atoms with Crippen molar-refractivity contribution < 1.29 is 23.9 Å². The fourth-order valence-corrected chi connectivity index (χ4v) is 3.10. The highest BCUT2D eigenvalue weighted by Gasteiger charge is 2.36. The first-order chi connectivity index (χ1) is 13.8. The standard InChI is InChI=1S/C22H22N2O5/c1-13(2)10-11-24-20(26)16-9-8-15(12-17(16)21(24)27)22(28)29-18(19(23)25)14-6-4-3-5-7-14/h3-9,12-13,18H,10-11H2,1-2H3,(H2,23,25). The van der Waals surface area contributed by atoms with Crippen LogP contribution in [0.5, 0.6) is 0 Å². The van der Waals surface area contributed by atoms with Gasteiger partial charge in [0.15, 0.2) is 0 Å². The Morgan fingerprint density at radius 1 is 1.00 bits per heavy atom. The Hall–Kier alpha value is -3.48. The van der Waals surface area contributed by atoms with Crippen LogP contribution in [-0.4, -0.2) is 35.1 Å². The molecule has 0 aliphatic carbocycles. The fourth-order valence-electron chi connectivity index (χ4n) is 3.10. The van der Waals surface area contributed by atoms with Crippen molar-refractivity contribution in [1.29, 1.82) is 0 Å². The Morgan fingerprint density at radius 2 is 1.66 bits per heavy atom. The van der Waals surface area contributed by atoms with Gasteiger partial charge in [0, 0.05) is 12.1 Å². The summed E-state index contributed by atoms with van der Waals surface area (Å²) in [5, 5.41) is 0. The second-order valence-electron chi connectivity index (χ2n) is 7.30. The van der Waals surface area contributed by atoms with E-state index in [1.165, 1.54) is 23.1 Å². The van der Waals surface area contributed by atoms with E-state index in [4.69, 9.17) is 10.5 Å². The van der Waals surface area contributed by atoms with Gasteiger partial charge in [0.1, 0.15) is 0 Å². The Balaban J connectivity index is 1.82. The number of imide groups is 1. The molecule has 1 aliphatic rings. The van der Waals surface area contributed by atoms with Crippen molar-refractivity contribution in [1.82, 2.24) is 4.90 Å². The van der Waals surface area contributed by atoms with Gasteiger partial charge in [-0.15, -0.1) is 0 Å². The predicted octanol–water partition coefficient (Wildman–Crippen LogP) is 2.71. The number of amides is 3. The number of carbonyl (C=O) groups excluding carboxylic acids is 4. The topological polar surface area (TPSA) is 107 Å². The molecule has 3 amide bonds. The van der Waals surface area contributed by atoms with E-state index < -0.39 is 23.9 Å². The normalized spacial score (nSPS) is 14.1. The van der Waals surface area contributed by atoms with Crippen molar-refractivity contribution in [2.75, 3.05) is 6.54 Å². The van der Waals surface area contributed by atoms with E-state index in [0.29, 0.717) is 24.4 Å². The van der Waals surface area contributed by atoms with Crippen molar-refractivity contribution in [3.05, 3.63) is 70.8 Å². The van der Waals surface area contributed by atoms with Crippen molar-refractivity contribution in [3.63, 3.8) is 0 Å². The second kappa shape index (κ2) is 8.26. The van der Waals surface area contributed by atoms with Gasteiger partial charge in [0.25, 0.3) is 17.7 Å². The third-order valence-corrected chi connectivity index (χ3v) is 4.72. The molecule has 2 aromatic carbocycles. The second-order valence-corrected chi connectivity index (χ2v) is 7.30. The van der Waals surface area contributed by atoms with Gasteiger partial charge in [0.2, 0.25) is 6.10 Å². The number of rotatable bonds is 7. The first-order valence-electron chi connectivity index (χ1n) is 9.35. The summed E-state index contributed by atoms with van der Waals surface area (Å²) in [7, 11) is 0. The summed E-state index contributed by atoms with van der Waals surface area (Å²) >= 11 is 0. The summed E-state index contributed by atoms with van der Waals surface area (Å²) in [6.45, 7) is 4.34. The summed E-state index contributed by atoms with van der Waals surface area (Å²) in [6.07, 6.45) is -0.561. The lowest BCUT2D eigenvalue weighted by Crippen LogP contribution is -2.31. The molecular formula is C22H22N2O5. The predicted molar refractivity (Wildman–Crippen MR) is 105 cm³/mol. The number of nitrogens with two attached hydrogens (primary N) is 1. The van der Waals surface area contributed by atoms with Gasteiger partial charge in [0.05, 0.1) is 16.7 Å². The maximum Gasteiger partial charge on any atom is 0.339 e. The number of ether oxygens (including phenoxy) is 1. The summed E-state index contributed by atoms with van der Waals surface area (Å²) in [5.41, 5.74) is 6.30. The van der Waals surface area contributed by atoms with Crippen molar-refractivity contribution in [2.45, 2.75) is 26.4 Å². The summed E-state index contributed by atoms with van der Waals surface area (Å²) < 4.78 is 5.29. The molecule has 1 unspecified atom stereocenters. The molecule has 7 nitrogen and oxygen atoms in total. The lowest BCUT2D eigenvalue weighted by atomic mass is 10.1. The molecule has 0 aromatic heterocycles. The molecular weight excluding hydrogens is 372 g/mol. The van der Waals surface area contributed by atoms with Crippen LogP contribution in [-0.2, 0) is 9.53 Å². The largest absolute Gasteiger partial charge is 0.444 e. The Kier molecular flexibility index (Phi) is 5.77. The van der Waals surface area contributed by atoms with Crippen molar-refractivity contribution in [2.24, 2.45) is 11.7 Å². The van der Waals surface area contributed by atoms with Crippen LogP contribution in [0.25, 0.3) is 0 Å². The van der Waals surface area contributed by atoms with Crippen LogP contribution < -0.4 is 5.73 Å². The number of hydrogen-bond acceptors (Lipinski definition) is 5. The highest BCUT2D eigenvalue weighted by Crippen LogP contribution is 2.26. The molecule has 0 radical (unpaired) electrons. The molecule has 150 valence electrons. The number of esters is 1. The van der Waals surface area contributed by atoms with Gasteiger partial charge in [-0.05, 0) is 30.5 Å². The number of primary amides is 1. The molecule has 2 aromatic rings. The molecule has 0 fully saturated rings. The number of hydrogen-bond donors (Lipinski definition) is 1. The maximum atomic E-state index is 12.6. The van der Waals surface area contributed by atoms with Gasteiger partial charge >= 0.3 is 5.97 Å². The first-order valence-corrected chi connectivity index (χ1v) is 9.35. The minimum absolute atomic E-state index is 0.0674. The first kappa shape index (κ1) is 20.3. The van der Waals surface area contributed by atoms with E-state index in [2.05, 4.69) is 0 Å². The number of fused-ring (bicyclic) bond motifs is 1. The van der Waals surface area contributed by atoms with Gasteiger partial charge in [-0.2, -0.15) is 0 Å². The van der Waals surface area contributed by atoms with Crippen LogP contribution in [0.2, 0.25) is 0 Å². The third-order valence-electron chi connectivity index (χ3n) is 4.72. The minimum Gasteiger partial charge on any atom is -0.444 e. The van der Waals surface area contributed by atoms with E-state index in [-0.39, 0.29) is 22.6 Å². The Labute approximate surface area is 168 Å². The average molecular weight is 394 g/mol. The monoisotopic (exact) mass is 394 g/mol. The molecule has 1 atom stereocenters. The molecule has 0 bridgehead atoms. The molecule has 2 N–H and O–H groups in total. The van der Waals surface area contributed by atoms with E-state index in [0.717, 1.165) is 0 Å². The zero-order valence-electron chi connectivity index (χ0n) is 16.3. The fraction of sp³-hybridized carbons (Fsp3) is 0.273. The highest BCUT2D eigenvalue weighted by atomic mass is 16.5. The Morgan fingerprint density at radius 3 is 2.28 bits per heavy atom. The van der Waals surface area contributed by atoms with E-state index >= 15 is 0 Å². The molecule has 3 rings (SSSR count). The molecule has 7 heteroatoms. The van der Waals surface area contributed by atoms with E-state index in [1.807, 2.05) is 13.8 Å². The summed E-state index contributed by atoms with van der Waals surface area (Å²) in [6, 6.07) is 12.6. The highest BCUT2D eigenvalue weighted by molar-refractivity contribution is 6.22. The van der Waals surface area contributed by atoms with Crippen LogP contribution in [0, 0.1) is 5.92 Å². The van der Waals surface area contributed by atoms with Gasteiger partial charge in [-0.1, -0.05) is 44.2 Å². The average Bonchev–Trinajstić information content (AvgIpc) is 2.94. The smallest absolute Gasteiger partial charge is 0.339 e. The zero-order chi connectivity index (χ0) is 21.1. The van der Waals surface area contributed by atoms with Crippen molar-refractivity contribution in [3.8, 4) is 0 Å². The number of benzene rings is 2. The van der Waals surface area contributed by atoms with Crippen molar-refractivity contribution >= 4 is 23.7 Å². The molecule has 1 heterocycles. The quantitative estimate of drug-likeness (QED) is 0.574. The SMILES string of the molecule is CC(C)CCN1C(=O)c2ccc(C(=O)OC(C(N)=O)c3ccccc3)cc2C1=O. The molecule has 1 aliphatic heterocycles. The lowest BCUT2D eigenvalue weighted by Gasteiger charge is -2.15. The lowest BCUT2D eigenvalue weighted by molar-refractivity contribution is -0.127. The zero-order valence-corrected chi connectivity index (χ0v) is 16.3. The molecule has 29 heavy (non-hydrogen) atoms. The molecule has 0 spiro atoms. The van der Waals surface area contributed by atoms with E-state index in [1.54, 1.807) is 30.3 Å². The summed E-state index contributed by atoms with van der Waals surface area (Å²) in [4.78, 5) is 50.6. The summed E-state index contributed by atoms with van der Waals surface area (Å²) in [5.74, 6) is -2.08. The molecule has 0 saturated heterocycles. The van der Waals surface area contributed by atoms with Crippen LogP contribution in [0.4, 0.5) is 0 Å². The molecule has 0 saturated carbocycles. The maximum absolute atomic E-state index is 12.6. The van der Waals surface area contributed by atoms with Crippen LogP contribution >= 0.6 is 0 Å². The minimum atomic E-state index is -1.25. The van der Waals surface area contributed by atoms with Crippen LogP contribution in [0.1, 0.15) is 63.0 Å². The van der Waals surface area contributed by atoms with Gasteiger partial charge in [-0.3, -0.25) is 19.3 Å². The van der Waals surface area contributed by atoms with E-state index in [9.17, 15) is 19.2 Å². The third kappa shape index (κ3) is 4.18. The van der Waals surface area contributed by atoms with Gasteiger partial charge in [-0.25, -0.2) is 4.79 Å². The Bertz CT molecular complexity index is 968. The van der Waals surface area contributed by atoms with Crippen LogP contribution in [0.3, 0.4) is 0 Å². The number of carbonyl (C=O) groups is 4.